The molecule has 1 aromatic heterocycles. The van der Waals surface area contributed by atoms with Crippen molar-refractivity contribution < 1.29 is 8.42 Å². The maximum atomic E-state index is 11.7. The van der Waals surface area contributed by atoms with E-state index < -0.39 is 9.84 Å². The maximum Gasteiger partial charge on any atom is 0.182 e. The summed E-state index contributed by atoms with van der Waals surface area (Å²) in [5.74, 6) is 0.523. The van der Waals surface area contributed by atoms with Crippen molar-refractivity contribution in [2.45, 2.75) is 23.8 Å². The van der Waals surface area contributed by atoms with Gasteiger partial charge in [0.25, 0.3) is 0 Å². The summed E-state index contributed by atoms with van der Waals surface area (Å²) in [4.78, 5) is 0.0931. The van der Waals surface area contributed by atoms with E-state index in [-0.39, 0.29) is 16.8 Å². The van der Waals surface area contributed by atoms with Gasteiger partial charge in [0.05, 0.1) is 0 Å². The van der Waals surface area contributed by atoms with E-state index in [0.717, 1.165) is 32.2 Å². The van der Waals surface area contributed by atoms with Crippen molar-refractivity contribution in [3.8, 4) is 0 Å². The lowest BCUT2D eigenvalue weighted by atomic mass is 10.1. The normalized spacial score (nSPS) is 20.9. The lowest BCUT2D eigenvalue weighted by Crippen LogP contribution is -2.38. The van der Waals surface area contributed by atoms with Crippen LogP contribution in [0.4, 0.5) is 11.6 Å². The lowest BCUT2D eigenvalue weighted by Gasteiger charge is -2.23. The van der Waals surface area contributed by atoms with Crippen LogP contribution in [0.25, 0.3) is 0 Å². The number of nitrogen functional groups attached to an aromatic ring is 1. The van der Waals surface area contributed by atoms with Crippen LogP contribution in [0.5, 0.6) is 0 Å². The van der Waals surface area contributed by atoms with Crippen LogP contribution in [0.2, 0.25) is 0 Å². The Kier molecular flexibility index (Phi) is 3.49. The predicted octanol–water partition coefficient (Wildman–Crippen LogP) is -0.430. The van der Waals surface area contributed by atoms with Gasteiger partial charge in [-0.1, -0.05) is 0 Å². The van der Waals surface area contributed by atoms with Crippen LogP contribution >= 0.6 is 0 Å². The Hall–Kier alpha value is -1.28. The molecule has 2 heterocycles. The van der Waals surface area contributed by atoms with Crippen molar-refractivity contribution in [3.05, 3.63) is 0 Å². The van der Waals surface area contributed by atoms with E-state index in [0.29, 0.717) is 5.82 Å². The summed E-state index contributed by atoms with van der Waals surface area (Å²) in [5.41, 5.74) is 5.76. The second-order valence-electron chi connectivity index (χ2n) is 4.65. The van der Waals surface area contributed by atoms with Gasteiger partial charge in [-0.2, -0.15) is 5.10 Å². The van der Waals surface area contributed by atoms with E-state index >= 15 is 0 Å². The Balaban J connectivity index is 2.30. The van der Waals surface area contributed by atoms with Gasteiger partial charge in [0.15, 0.2) is 20.6 Å². The molecule has 0 spiro atoms. The van der Waals surface area contributed by atoms with Gasteiger partial charge >= 0.3 is 0 Å². The van der Waals surface area contributed by atoms with Crippen molar-refractivity contribution >= 4 is 21.5 Å². The van der Waals surface area contributed by atoms with Crippen LogP contribution in [0.15, 0.2) is 4.90 Å². The first-order chi connectivity index (χ1) is 8.39. The molecule has 7 nitrogen and oxygen atoms in total. The molecule has 1 aliphatic rings. The van der Waals surface area contributed by atoms with Gasteiger partial charge in [-0.15, -0.1) is 0 Å². The molecule has 1 atom stereocenters. The fourth-order valence-corrected chi connectivity index (χ4v) is 3.11. The minimum atomic E-state index is -3.39. The largest absolute Gasteiger partial charge is 0.383 e. The van der Waals surface area contributed by atoms with E-state index in [1.165, 1.54) is 4.68 Å². The smallest absolute Gasteiger partial charge is 0.182 e. The molecule has 2 rings (SSSR count). The van der Waals surface area contributed by atoms with Crippen molar-refractivity contribution in [1.82, 2.24) is 15.1 Å². The van der Waals surface area contributed by atoms with Gasteiger partial charge in [0, 0.05) is 25.9 Å². The van der Waals surface area contributed by atoms with E-state index in [1.807, 2.05) is 0 Å². The highest BCUT2D eigenvalue weighted by atomic mass is 32.2. The van der Waals surface area contributed by atoms with Gasteiger partial charge < -0.3 is 16.4 Å². The molecular formula is C10H19N5O2S. The summed E-state index contributed by atoms with van der Waals surface area (Å²) in [6.45, 7) is 1.81. The van der Waals surface area contributed by atoms with Crippen LogP contribution in [0.1, 0.15) is 12.8 Å². The Bertz CT molecular complexity index is 531. The molecule has 102 valence electrons. The zero-order valence-corrected chi connectivity index (χ0v) is 11.4. The molecule has 1 saturated heterocycles. The molecule has 1 fully saturated rings. The first kappa shape index (κ1) is 13.2. The number of aryl methyl sites for hydroxylation is 1. The van der Waals surface area contributed by atoms with Crippen LogP contribution in [-0.4, -0.2) is 43.6 Å². The first-order valence-electron chi connectivity index (χ1n) is 5.89. The first-order valence-corrected chi connectivity index (χ1v) is 7.78. The minimum absolute atomic E-state index is 0.0931. The molecule has 0 amide bonds. The third kappa shape index (κ3) is 2.59. The molecule has 0 aliphatic carbocycles. The molecule has 18 heavy (non-hydrogen) atoms. The zero-order chi connectivity index (χ0) is 13.3. The number of aromatic nitrogens is 2. The van der Waals surface area contributed by atoms with Crippen LogP contribution < -0.4 is 16.4 Å². The second kappa shape index (κ2) is 4.77. The second-order valence-corrected chi connectivity index (χ2v) is 6.60. The van der Waals surface area contributed by atoms with Gasteiger partial charge in [-0.25, -0.2) is 13.1 Å². The Labute approximate surface area is 107 Å². The number of nitrogens with one attached hydrogen (secondary N) is 2. The van der Waals surface area contributed by atoms with E-state index in [9.17, 15) is 8.42 Å². The van der Waals surface area contributed by atoms with Gasteiger partial charge in [-0.3, -0.25) is 0 Å². The van der Waals surface area contributed by atoms with E-state index in [1.54, 1.807) is 7.05 Å². The molecule has 1 aliphatic heterocycles. The van der Waals surface area contributed by atoms with Crippen molar-refractivity contribution in [1.29, 1.82) is 0 Å². The number of piperidine rings is 1. The summed E-state index contributed by atoms with van der Waals surface area (Å²) in [6, 6.07) is 0.188. The molecular weight excluding hydrogens is 254 g/mol. The number of rotatable bonds is 3. The summed E-state index contributed by atoms with van der Waals surface area (Å²) < 4.78 is 24.9. The zero-order valence-electron chi connectivity index (χ0n) is 10.6. The molecule has 4 N–H and O–H groups in total. The number of nitrogens with two attached hydrogens (primary N) is 1. The number of hydrogen-bond acceptors (Lipinski definition) is 6. The number of hydrogen-bond donors (Lipinski definition) is 3. The number of sulfone groups is 1. The summed E-state index contributed by atoms with van der Waals surface area (Å²) in [6.07, 6.45) is 3.20. The molecule has 0 radical (unpaired) electrons. The number of nitrogens with zero attached hydrogens (tertiary/aromatic N) is 2. The van der Waals surface area contributed by atoms with E-state index in [4.69, 9.17) is 5.73 Å². The number of anilines is 2. The molecule has 0 bridgehead atoms. The third-order valence-corrected chi connectivity index (χ3v) is 4.20. The van der Waals surface area contributed by atoms with Crippen molar-refractivity contribution in [2.24, 2.45) is 7.05 Å². The standard InChI is InChI=1S/C10H19N5O2S/c1-15-9(11)8(18(2,16)17)10(14-15)13-7-4-3-5-12-6-7/h7,12H,3-6,11H2,1-2H3,(H,13,14). The van der Waals surface area contributed by atoms with Crippen LogP contribution in [0.3, 0.4) is 0 Å². The fraction of sp³-hybridized carbons (Fsp3) is 0.700. The van der Waals surface area contributed by atoms with Gasteiger partial charge in [0.2, 0.25) is 0 Å². The molecule has 1 aromatic rings. The average Bonchev–Trinajstić information content (AvgIpc) is 2.55. The van der Waals surface area contributed by atoms with Crippen LogP contribution in [0, 0.1) is 0 Å². The highest BCUT2D eigenvalue weighted by molar-refractivity contribution is 7.91. The maximum absolute atomic E-state index is 11.7. The molecule has 0 saturated carbocycles. The Morgan fingerprint density at radius 3 is 2.83 bits per heavy atom. The molecule has 1 unspecified atom stereocenters. The highest BCUT2D eigenvalue weighted by Gasteiger charge is 2.25. The van der Waals surface area contributed by atoms with Gasteiger partial charge in [0.1, 0.15) is 5.82 Å². The predicted molar refractivity (Wildman–Crippen MR) is 70.2 cm³/mol. The Morgan fingerprint density at radius 2 is 2.28 bits per heavy atom. The van der Waals surface area contributed by atoms with Crippen molar-refractivity contribution in [3.63, 3.8) is 0 Å². The summed E-state index contributed by atoms with van der Waals surface area (Å²) in [5, 5.41) is 10.6. The quantitative estimate of drug-likeness (QED) is 0.690. The molecule has 8 heteroatoms. The van der Waals surface area contributed by atoms with E-state index in [2.05, 4.69) is 15.7 Å². The fourth-order valence-electron chi connectivity index (χ4n) is 2.15. The van der Waals surface area contributed by atoms with Gasteiger partial charge in [-0.05, 0) is 19.4 Å². The Morgan fingerprint density at radius 1 is 1.56 bits per heavy atom. The summed E-state index contributed by atoms with van der Waals surface area (Å²) >= 11 is 0. The SMILES string of the molecule is Cn1nc(NC2CCCNC2)c(S(C)(=O)=O)c1N. The minimum Gasteiger partial charge on any atom is -0.383 e. The lowest BCUT2D eigenvalue weighted by molar-refractivity contribution is 0.478. The highest BCUT2D eigenvalue weighted by Crippen LogP contribution is 2.27. The topological polar surface area (TPSA) is 102 Å². The van der Waals surface area contributed by atoms with Crippen LogP contribution in [-0.2, 0) is 16.9 Å². The summed E-state index contributed by atoms with van der Waals surface area (Å²) in [7, 11) is -1.75. The van der Waals surface area contributed by atoms with Crippen molar-refractivity contribution in [2.75, 3.05) is 30.4 Å². The molecule has 0 aromatic carbocycles. The monoisotopic (exact) mass is 273 g/mol. The average molecular weight is 273 g/mol. The third-order valence-electron chi connectivity index (χ3n) is 3.05.